The van der Waals surface area contributed by atoms with Gasteiger partial charge >= 0.3 is 0 Å². The van der Waals surface area contributed by atoms with Crippen molar-refractivity contribution in [3.63, 3.8) is 0 Å². The first-order valence-electron chi connectivity index (χ1n) is 5.38. The highest BCUT2D eigenvalue weighted by Gasteiger charge is 2.15. The van der Waals surface area contributed by atoms with Gasteiger partial charge in [0.2, 0.25) is 6.54 Å². The van der Waals surface area contributed by atoms with Gasteiger partial charge in [-0.3, -0.25) is 15.0 Å². The minimum Gasteiger partial charge on any atom is -0.326 e. The smallest absolute Gasteiger partial charge is 0.231 e. The second-order valence-electron chi connectivity index (χ2n) is 4.02. The Morgan fingerprint density at radius 3 is 2.71 bits per heavy atom. The van der Waals surface area contributed by atoms with E-state index in [0.29, 0.717) is 13.1 Å². The summed E-state index contributed by atoms with van der Waals surface area (Å²) in [6.45, 7) is 0.800. The molecule has 0 aliphatic carbocycles. The van der Waals surface area contributed by atoms with E-state index < -0.39 is 11.1 Å². The van der Waals surface area contributed by atoms with Crippen LogP contribution in [0.4, 0.5) is 0 Å². The lowest BCUT2D eigenvalue weighted by Crippen LogP contribution is -2.43. The van der Waals surface area contributed by atoms with Gasteiger partial charge in [0.15, 0.2) is 0 Å². The normalized spacial score (nSPS) is 12.7. The molecule has 0 bridgehead atoms. The second-order valence-corrected chi connectivity index (χ2v) is 4.02. The number of rotatable bonds is 6. The van der Waals surface area contributed by atoms with Crippen LogP contribution in [0.5, 0.6) is 0 Å². The molecule has 0 radical (unpaired) electrons. The molecule has 0 saturated heterocycles. The molecule has 6 heteroatoms. The van der Waals surface area contributed by atoms with Crippen LogP contribution in [0, 0.1) is 10.1 Å². The molecule has 17 heavy (non-hydrogen) atoms. The molecule has 1 unspecified atom stereocenters. The molecule has 94 valence electrons. The van der Waals surface area contributed by atoms with Gasteiger partial charge in [0, 0.05) is 18.0 Å². The van der Waals surface area contributed by atoms with Gasteiger partial charge in [-0.05, 0) is 18.2 Å². The summed E-state index contributed by atoms with van der Waals surface area (Å²) >= 11 is 0. The zero-order chi connectivity index (χ0) is 12.8. The SMILES string of the molecule is CN(Cc1cccc(CN)c1)C(N)C[N+](=O)[O-]. The van der Waals surface area contributed by atoms with Gasteiger partial charge in [0.25, 0.3) is 0 Å². The van der Waals surface area contributed by atoms with Crippen molar-refractivity contribution in [2.24, 2.45) is 11.5 Å². The minimum absolute atomic E-state index is 0.257. The predicted molar refractivity (Wildman–Crippen MR) is 65.6 cm³/mol. The molecule has 0 fully saturated rings. The van der Waals surface area contributed by atoms with Crippen molar-refractivity contribution in [1.82, 2.24) is 4.90 Å². The van der Waals surface area contributed by atoms with Crippen molar-refractivity contribution < 1.29 is 4.92 Å². The van der Waals surface area contributed by atoms with Gasteiger partial charge in [-0.25, -0.2) is 0 Å². The van der Waals surface area contributed by atoms with Gasteiger partial charge in [-0.1, -0.05) is 24.3 Å². The fraction of sp³-hybridized carbons (Fsp3) is 0.455. The van der Waals surface area contributed by atoms with Crippen LogP contribution >= 0.6 is 0 Å². The van der Waals surface area contributed by atoms with Crippen LogP contribution < -0.4 is 11.5 Å². The predicted octanol–water partition coefficient (Wildman–Crippen LogP) is 0.139. The molecule has 0 aliphatic rings. The number of nitro groups is 1. The molecule has 6 nitrogen and oxygen atoms in total. The lowest BCUT2D eigenvalue weighted by atomic mass is 10.1. The summed E-state index contributed by atoms with van der Waals surface area (Å²) in [4.78, 5) is 11.7. The van der Waals surface area contributed by atoms with Gasteiger partial charge in [0.05, 0.1) is 0 Å². The zero-order valence-electron chi connectivity index (χ0n) is 9.87. The van der Waals surface area contributed by atoms with Crippen LogP contribution in [-0.4, -0.2) is 29.6 Å². The zero-order valence-corrected chi connectivity index (χ0v) is 9.87. The number of nitrogens with two attached hydrogens (primary N) is 2. The van der Waals surface area contributed by atoms with Crippen LogP contribution in [0.2, 0.25) is 0 Å². The number of hydrogen-bond acceptors (Lipinski definition) is 5. The molecule has 1 atom stereocenters. The van der Waals surface area contributed by atoms with Crippen molar-refractivity contribution in [1.29, 1.82) is 0 Å². The third-order valence-electron chi connectivity index (χ3n) is 2.56. The molecule has 1 aromatic rings. The van der Waals surface area contributed by atoms with E-state index in [1.165, 1.54) is 0 Å². The fourth-order valence-corrected chi connectivity index (χ4v) is 1.55. The highest BCUT2D eigenvalue weighted by molar-refractivity contribution is 5.23. The number of benzene rings is 1. The third-order valence-corrected chi connectivity index (χ3v) is 2.56. The Morgan fingerprint density at radius 2 is 2.12 bits per heavy atom. The van der Waals surface area contributed by atoms with Crippen molar-refractivity contribution in [3.05, 3.63) is 45.5 Å². The first kappa shape index (κ1) is 13.6. The van der Waals surface area contributed by atoms with Crippen molar-refractivity contribution in [2.45, 2.75) is 19.3 Å². The fourth-order valence-electron chi connectivity index (χ4n) is 1.55. The van der Waals surface area contributed by atoms with Crippen molar-refractivity contribution in [3.8, 4) is 0 Å². The first-order valence-corrected chi connectivity index (χ1v) is 5.38. The van der Waals surface area contributed by atoms with E-state index in [0.717, 1.165) is 11.1 Å². The van der Waals surface area contributed by atoms with Crippen LogP contribution in [0.1, 0.15) is 11.1 Å². The monoisotopic (exact) mass is 238 g/mol. The van der Waals surface area contributed by atoms with E-state index in [1.807, 2.05) is 24.3 Å². The van der Waals surface area contributed by atoms with E-state index in [1.54, 1.807) is 11.9 Å². The summed E-state index contributed by atoms with van der Waals surface area (Å²) in [6.07, 6.45) is -0.577. The van der Waals surface area contributed by atoms with Crippen molar-refractivity contribution in [2.75, 3.05) is 13.6 Å². The van der Waals surface area contributed by atoms with E-state index in [-0.39, 0.29) is 6.54 Å². The second kappa shape index (κ2) is 6.29. The lowest BCUT2D eigenvalue weighted by molar-refractivity contribution is -0.486. The first-order chi connectivity index (χ1) is 8.02. The Kier molecular flexibility index (Phi) is 5.02. The van der Waals surface area contributed by atoms with Gasteiger partial charge in [0.1, 0.15) is 6.17 Å². The number of likely N-dealkylation sites (N-methyl/N-ethyl adjacent to an activating group) is 1. The van der Waals surface area contributed by atoms with Crippen LogP contribution in [0.15, 0.2) is 24.3 Å². The van der Waals surface area contributed by atoms with Crippen LogP contribution in [-0.2, 0) is 13.1 Å². The molecule has 1 rings (SSSR count). The summed E-state index contributed by atoms with van der Waals surface area (Å²) in [5.74, 6) is 0. The Morgan fingerprint density at radius 1 is 1.47 bits per heavy atom. The summed E-state index contributed by atoms with van der Waals surface area (Å²) in [7, 11) is 1.77. The molecule has 0 saturated carbocycles. The van der Waals surface area contributed by atoms with Gasteiger partial charge in [-0.2, -0.15) is 0 Å². The van der Waals surface area contributed by atoms with E-state index in [4.69, 9.17) is 11.5 Å². The Hall–Kier alpha value is -1.50. The summed E-state index contributed by atoms with van der Waals surface area (Å²) in [6, 6.07) is 7.80. The molecule has 0 aromatic heterocycles. The Balaban J connectivity index is 2.60. The maximum atomic E-state index is 10.3. The Labute approximate surface area is 100 Å². The van der Waals surface area contributed by atoms with Crippen molar-refractivity contribution >= 4 is 0 Å². The molecule has 4 N–H and O–H groups in total. The maximum absolute atomic E-state index is 10.3. The third kappa shape index (κ3) is 4.48. The molecule has 1 aromatic carbocycles. The molecule has 0 aliphatic heterocycles. The highest BCUT2D eigenvalue weighted by atomic mass is 16.6. The molecule has 0 spiro atoms. The summed E-state index contributed by atoms with van der Waals surface area (Å²) < 4.78 is 0. The van der Waals surface area contributed by atoms with Gasteiger partial charge < -0.3 is 11.5 Å². The van der Waals surface area contributed by atoms with E-state index in [2.05, 4.69) is 0 Å². The maximum Gasteiger partial charge on any atom is 0.231 e. The molecule has 0 amide bonds. The quantitative estimate of drug-likeness (QED) is 0.417. The molecule has 0 heterocycles. The Bertz CT molecular complexity index is 383. The largest absolute Gasteiger partial charge is 0.326 e. The number of hydrogen-bond donors (Lipinski definition) is 2. The van der Waals surface area contributed by atoms with Crippen LogP contribution in [0.3, 0.4) is 0 Å². The van der Waals surface area contributed by atoms with E-state index in [9.17, 15) is 10.1 Å². The van der Waals surface area contributed by atoms with Gasteiger partial charge in [-0.15, -0.1) is 0 Å². The number of nitrogens with zero attached hydrogens (tertiary/aromatic N) is 2. The standard InChI is InChI=1S/C11H18N4O2/c1-14(11(13)8-15(16)17)7-10-4-2-3-9(5-10)6-12/h2-5,11H,6-8,12-13H2,1H3. The molecular formula is C11H18N4O2. The minimum atomic E-state index is -0.577. The average Bonchev–Trinajstić information content (AvgIpc) is 2.28. The lowest BCUT2D eigenvalue weighted by Gasteiger charge is -2.21. The van der Waals surface area contributed by atoms with Crippen LogP contribution in [0.25, 0.3) is 0 Å². The van der Waals surface area contributed by atoms with E-state index >= 15 is 0 Å². The summed E-state index contributed by atoms with van der Waals surface area (Å²) in [5.41, 5.74) is 13.3. The topological polar surface area (TPSA) is 98.4 Å². The summed E-state index contributed by atoms with van der Waals surface area (Å²) in [5, 5.41) is 10.3. The molecular weight excluding hydrogens is 220 g/mol. The highest BCUT2D eigenvalue weighted by Crippen LogP contribution is 2.08. The average molecular weight is 238 g/mol.